The number of nitrogens with one attached hydrogen (secondary N) is 1. The van der Waals surface area contributed by atoms with Gasteiger partial charge in [-0.15, -0.1) is 5.10 Å². The summed E-state index contributed by atoms with van der Waals surface area (Å²) in [4.78, 5) is 44.0. The lowest BCUT2D eigenvalue weighted by Gasteiger charge is -2.18. The number of ether oxygens (including phenoxy) is 2. The highest BCUT2D eigenvalue weighted by atomic mass is 16.5. The number of methoxy groups -OCH3 is 1. The molecular formula is C17H23N5O5. The molecule has 0 saturated carbocycles. The molecule has 10 heteroatoms. The molecule has 2 aromatic rings. The summed E-state index contributed by atoms with van der Waals surface area (Å²) in [5.74, 6) is -1.79. The first-order valence-corrected chi connectivity index (χ1v) is 8.46. The van der Waals surface area contributed by atoms with E-state index in [-0.39, 0.29) is 17.5 Å². The van der Waals surface area contributed by atoms with Crippen LogP contribution >= 0.6 is 0 Å². The van der Waals surface area contributed by atoms with Crippen LogP contribution in [0.25, 0.3) is 5.78 Å². The van der Waals surface area contributed by atoms with Crippen molar-refractivity contribution < 1.29 is 23.9 Å². The van der Waals surface area contributed by atoms with Crippen molar-refractivity contribution in [3.05, 3.63) is 23.3 Å². The maximum atomic E-state index is 12.1. The second-order valence-corrected chi connectivity index (χ2v) is 6.54. The van der Waals surface area contributed by atoms with E-state index in [4.69, 9.17) is 4.74 Å². The van der Waals surface area contributed by atoms with Crippen molar-refractivity contribution >= 4 is 23.6 Å². The molecule has 0 unspecified atom stereocenters. The molecule has 27 heavy (non-hydrogen) atoms. The minimum Gasteiger partial charge on any atom is -0.467 e. The summed E-state index contributed by atoms with van der Waals surface area (Å²) in [6.07, 6.45) is 0.407. The predicted octanol–water partition coefficient (Wildman–Crippen LogP) is 0.602. The Labute approximate surface area is 156 Å². The van der Waals surface area contributed by atoms with E-state index in [1.54, 1.807) is 19.9 Å². The van der Waals surface area contributed by atoms with Crippen LogP contribution in [0.3, 0.4) is 0 Å². The molecule has 0 spiro atoms. The maximum Gasteiger partial charge on any atom is 0.378 e. The zero-order valence-electron chi connectivity index (χ0n) is 16.0. The Morgan fingerprint density at radius 1 is 1.22 bits per heavy atom. The van der Waals surface area contributed by atoms with Crippen LogP contribution in [-0.4, -0.2) is 57.2 Å². The number of fused-ring (bicyclic) bond motifs is 1. The molecule has 0 aromatic carbocycles. The minimum absolute atomic E-state index is 0.165. The topological polar surface area (TPSA) is 125 Å². The highest BCUT2D eigenvalue weighted by Gasteiger charge is 2.24. The summed E-state index contributed by atoms with van der Waals surface area (Å²) in [6.45, 7) is 6.87. The summed E-state index contributed by atoms with van der Waals surface area (Å²) in [6, 6.07) is 0.996. The summed E-state index contributed by atoms with van der Waals surface area (Å²) in [5.41, 5.74) is 1.50. The SMILES string of the molecule is COC(=O)[C@H](CC(C)C)NC(=O)COC(=O)c1nc2nc(C)cc(C)n2n1. The first-order valence-electron chi connectivity index (χ1n) is 8.46. The van der Waals surface area contributed by atoms with E-state index >= 15 is 0 Å². The van der Waals surface area contributed by atoms with Gasteiger partial charge in [0, 0.05) is 11.4 Å². The zero-order chi connectivity index (χ0) is 20.1. The van der Waals surface area contributed by atoms with Crippen LogP contribution in [0.1, 0.15) is 42.3 Å². The van der Waals surface area contributed by atoms with Gasteiger partial charge in [-0.1, -0.05) is 13.8 Å². The van der Waals surface area contributed by atoms with Gasteiger partial charge in [0.1, 0.15) is 6.04 Å². The molecule has 0 aliphatic carbocycles. The largest absolute Gasteiger partial charge is 0.467 e. The molecule has 146 valence electrons. The Morgan fingerprint density at radius 3 is 2.56 bits per heavy atom. The molecule has 2 rings (SSSR count). The Bertz CT molecular complexity index is 861. The van der Waals surface area contributed by atoms with Crippen molar-refractivity contribution in [2.45, 2.75) is 40.2 Å². The fraction of sp³-hybridized carbons (Fsp3) is 0.529. The highest BCUT2D eigenvalue weighted by Crippen LogP contribution is 2.07. The normalized spacial score (nSPS) is 12.1. The van der Waals surface area contributed by atoms with Gasteiger partial charge in [0.15, 0.2) is 6.61 Å². The smallest absolute Gasteiger partial charge is 0.378 e. The van der Waals surface area contributed by atoms with E-state index in [1.807, 2.05) is 13.8 Å². The molecule has 2 aromatic heterocycles. The van der Waals surface area contributed by atoms with Gasteiger partial charge in [-0.05, 0) is 32.3 Å². The lowest BCUT2D eigenvalue weighted by molar-refractivity contribution is -0.145. The number of carbonyl (C=O) groups excluding carboxylic acids is 3. The molecule has 1 amide bonds. The fourth-order valence-electron chi connectivity index (χ4n) is 2.51. The average molecular weight is 377 g/mol. The summed E-state index contributed by atoms with van der Waals surface area (Å²) in [5, 5.41) is 6.54. The van der Waals surface area contributed by atoms with Gasteiger partial charge in [0.2, 0.25) is 0 Å². The number of hydrogen-bond acceptors (Lipinski definition) is 8. The van der Waals surface area contributed by atoms with Crippen molar-refractivity contribution in [3.8, 4) is 0 Å². The van der Waals surface area contributed by atoms with E-state index in [0.717, 1.165) is 11.4 Å². The van der Waals surface area contributed by atoms with Crippen LogP contribution in [-0.2, 0) is 19.1 Å². The number of aryl methyl sites for hydroxylation is 2. The Balaban J connectivity index is 1.99. The quantitative estimate of drug-likeness (QED) is 0.696. The molecule has 1 atom stereocenters. The third kappa shape index (κ3) is 5.22. The van der Waals surface area contributed by atoms with Gasteiger partial charge in [-0.3, -0.25) is 4.79 Å². The van der Waals surface area contributed by atoms with Crippen molar-refractivity contribution in [2.24, 2.45) is 5.92 Å². The van der Waals surface area contributed by atoms with E-state index < -0.39 is 30.5 Å². The number of nitrogens with zero attached hydrogens (tertiary/aromatic N) is 4. The fourth-order valence-corrected chi connectivity index (χ4v) is 2.51. The number of rotatable bonds is 7. The van der Waals surface area contributed by atoms with Crippen LogP contribution in [0.15, 0.2) is 6.07 Å². The Hall–Kier alpha value is -3.04. The molecule has 2 heterocycles. The van der Waals surface area contributed by atoms with Gasteiger partial charge in [0.25, 0.3) is 17.5 Å². The molecule has 0 aliphatic heterocycles. The second-order valence-electron chi connectivity index (χ2n) is 6.54. The van der Waals surface area contributed by atoms with Crippen molar-refractivity contribution in [1.29, 1.82) is 0 Å². The van der Waals surface area contributed by atoms with E-state index in [2.05, 4.69) is 25.1 Å². The van der Waals surface area contributed by atoms with Crippen LogP contribution in [0.2, 0.25) is 0 Å². The van der Waals surface area contributed by atoms with Gasteiger partial charge in [0.05, 0.1) is 7.11 Å². The molecule has 0 aliphatic rings. The molecule has 10 nitrogen and oxygen atoms in total. The van der Waals surface area contributed by atoms with Gasteiger partial charge in [-0.25, -0.2) is 19.1 Å². The van der Waals surface area contributed by atoms with E-state index in [1.165, 1.54) is 11.6 Å². The molecule has 0 bridgehead atoms. The van der Waals surface area contributed by atoms with E-state index in [9.17, 15) is 14.4 Å². The summed E-state index contributed by atoms with van der Waals surface area (Å²) < 4.78 is 11.0. The third-order valence-electron chi connectivity index (χ3n) is 3.66. The Morgan fingerprint density at radius 2 is 1.93 bits per heavy atom. The predicted molar refractivity (Wildman–Crippen MR) is 93.9 cm³/mol. The Kier molecular flexibility index (Phi) is 6.43. The van der Waals surface area contributed by atoms with Gasteiger partial charge in [-0.2, -0.15) is 4.98 Å². The minimum atomic E-state index is -0.855. The molecular weight excluding hydrogens is 354 g/mol. The first kappa shape index (κ1) is 20.3. The van der Waals surface area contributed by atoms with Crippen molar-refractivity contribution in [3.63, 3.8) is 0 Å². The van der Waals surface area contributed by atoms with Crippen LogP contribution in [0.5, 0.6) is 0 Å². The van der Waals surface area contributed by atoms with Gasteiger partial charge >= 0.3 is 11.9 Å². The lowest BCUT2D eigenvalue weighted by atomic mass is 10.0. The first-order chi connectivity index (χ1) is 12.7. The van der Waals surface area contributed by atoms with Crippen LogP contribution in [0.4, 0.5) is 0 Å². The van der Waals surface area contributed by atoms with Crippen LogP contribution in [0, 0.1) is 19.8 Å². The number of esters is 2. The summed E-state index contributed by atoms with van der Waals surface area (Å²) >= 11 is 0. The van der Waals surface area contributed by atoms with Crippen LogP contribution < -0.4 is 5.32 Å². The third-order valence-corrected chi connectivity index (χ3v) is 3.66. The molecule has 0 fully saturated rings. The molecule has 0 radical (unpaired) electrons. The molecule has 1 N–H and O–H groups in total. The number of amides is 1. The number of carbonyl (C=O) groups is 3. The van der Waals surface area contributed by atoms with Gasteiger partial charge < -0.3 is 14.8 Å². The number of aromatic nitrogens is 4. The number of hydrogen-bond donors (Lipinski definition) is 1. The highest BCUT2D eigenvalue weighted by molar-refractivity contribution is 5.89. The zero-order valence-corrected chi connectivity index (χ0v) is 16.0. The second kappa shape index (κ2) is 8.56. The van der Waals surface area contributed by atoms with Crippen molar-refractivity contribution in [1.82, 2.24) is 24.9 Å². The standard InChI is InChI=1S/C17H23N5O5/c1-9(2)6-12(15(24)26-5)19-13(23)8-27-16(25)14-20-17-18-10(3)7-11(4)22(17)21-14/h7,9,12H,6,8H2,1-5H3,(H,19,23)/t12-/m0/s1. The van der Waals surface area contributed by atoms with E-state index in [0.29, 0.717) is 6.42 Å². The maximum absolute atomic E-state index is 12.1. The van der Waals surface area contributed by atoms with Crippen molar-refractivity contribution in [2.75, 3.05) is 13.7 Å². The lowest BCUT2D eigenvalue weighted by Crippen LogP contribution is -2.44. The molecule has 0 saturated heterocycles. The monoisotopic (exact) mass is 377 g/mol. The average Bonchev–Trinajstić information content (AvgIpc) is 3.02. The summed E-state index contributed by atoms with van der Waals surface area (Å²) in [7, 11) is 1.24.